The maximum Gasteiger partial charge on any atom is 0.308 e. The molecular formula is C13H14O5. The molecule has 1 aromatic rings. The highest BCUT2D eigenvalue weighted by Crippen LogP contribution is 2.22. The van der Waals surface area contributed by atoms with Gasteiger partial charge in [-0.15, -0.1) is 0 Å². The van der Waals surface area contributed by atoms with Crippen molar-refractivity contribution in [3.05, 3.63) is 29.3 Å². The lowest BCUT2D eigenvalue weighted by Gasteiger charge is -2.10. The molecule has 0 saturated carbocycles. The van der Waals surface area contributed by atoms with Gasteiger partial charge >= 0.3 is 11.9 Å². The molecule has 5 nitrogen and oxygen atoms in total. The van der Waals surface area contributed by atoms with E-state index < -0.39 is 11.9 Å². The average molecular weight is 250 g/mol. The maximum atomic E-state index is 11.3. The Bertz CT molecular complexity index is 490. The van der Waals surface area contributed by atoms with Crippen LogP contribution in [0.4, 0.5) is 0 Å². The van der Waals surface area contributed by atoms with Gasteiger partial charge in [-0.1, -0.05) is 0 Å². The summed E-state index contributed by atoms with van der Waals surface area (Å²) in [6.45, 7) is 3.93. The molecule has 0 spiro atoms. The van der Waals surface area contributed by atoms with Crippen LogP contribution in [-0.4, -0.2) is 17.7 Å². The molecule has 5 heteroatoms. The molecule has 1 rings (SSSR count). The minimum atomic E-state index is -0.477. The Kier molecular flexibility index (Phi) is 4.59. The van der Waals surface area contributed by atoms with Crippen LogP contribution in [0.5, 0.6) is 5.75 Å². The van der Waals surface area contributed by atoms with Gasteiger partial charge in [-0.25, -0.2) is 0 Å². The zero-order valence-electron chi connectivity index (χ0n) is 10.5. The third-order valence-corrected chi connectivity index (χ3v) is 2.15. The lowest BCUT2D eigenvalue weighted by Crippen LogP contribution is -2.07. The van der Waals surface area contributed by atoms with Crippen LogP contribution in [0.3, 0.4) is 0 Å². The van der Waals surface area contributed by atoms with Crippen molar-refractivity contribution in [1.82, 2.24) is 0 Å². The number of benzene rings is 1. The van der Waals surface area contributed by atoms with E-state index in [0.29, 0.717) is 11.1 Å². The van der Waals surface area contributed by atoms with Crippen molar-refractivity contribution < 1.29 is 23.9 Å². The van der Waals surface area contributed by atoms with Gasteiger partial charge in [0.15, 0.2) is 5.78 Å². The predicted molar refractivity (Wildman–Crippen MR) is 63.2 cm³/mol. The number of hydrogen-bond acceptors (Lipinski definition) is 5. The van der Waals surface area contributed by atoms with Crippen LogP contribution in [0, 0.1) is 0 Å². The molecule has 0 bridgehead atoms. The first-order valence-electron chi connectivity index (χ1n) is 5.36. The van der Waals surface area contributed by atoms with Crippen LogP contribution in [0.2, 0.25) is 0 Å². The summed E-state index contributed by atoms with van der Waals surface area (Å²) in [5, 5.41) is 0. The van der Waals surface area contributed by atoms with Crippen molar-refractivity contribution in [2.24, 2.45) is 0 Å². The Morgan fingerprint density at radius 2 is 1.72 bits per heavy atom. The minimum Gasteiger partial charge on any atom is -0.461 e. The Labute approximate surface area is 105 Å². The van der Waals surface area contributed by atoms with Gasteiger partial charge in [0.2, 0.25) is 0 Å². The Hall–Kier alpha value is -2.17. The minimum absolute atomic E-state index is 0.0426. The number of hydrogen-bond donors (Lipinski definition) is 0. The van der Waals surface area contributed by atoms with E-state index in [-0.39, 0.29) is 18.1 Å². The molecule has 18 heavy (non-hydrogen) atoms. The predicted octanol–water partition coefficient (Wildman–Crippen LogP) is 1.88. The molecule has 0 fully saturated rings. The lowest BCUT2D eigenvalue weighted by molar-refractivity contribution is -0.142. The standard InChI is InChI=1S/C13H14O5/c1-8(14)11-4-5-13(18-10(3)16)12(6-11)7-17-9(2)15/h4-6H,7H2,1-3H3. The summed E-state index contributed by atoms with van der Waals surface area (Å²) in [5.74, 6) is -0.756. The second-order valence-corrected chi connectivity index (χ2v) is 3.75. The van der Waals surface area contributed by atoms with Crippen molar-refractivity contribution in [2.75, 3.05) is 0 Å². The monoisotopic (exact) mass is 250 g/mol. The van der Waals surface area contributed by atoms with E-state index in [1.165, 1.54) is 26.8 Å². The lowest BCUT2D eigenvalue weighted by atomic mass is 10.1. The Balaban J connectivity index is 3.04. The molecule has 1 aromatic carbocycles. The number of ether oxygens (including phenoxy) is 2. The highest BCUT2D eigenvalue weighted by Gasteiger charge is 2.11. The summed E-state index contributed by atoms with van der Waals surface area (Å²) in [6.07, 6.45) is 0. The molecule has 0 aliphatic rings. The van der Waals surface area contributed by atoms with Gasteiger partial charge in [0.05, 0.1) is 0 Å². The highest BCUT2D eigenvalue weighted by molar-refractivity contribution is 5.94. The number of Topliss-reactive ketones (excluding diaryl/α,β-unsaturated/α-hetero) is 1. The smallest absolute Gasteiger partial charge is 0.308 e. The maximum absolute atomic E-state index is 11.3. The van der Waals surface area contributed by atoms with Gasteiger partial charge in [0, 0.05) is 25.0 Å². The molecule has 0 aliphatic carbocycles. The molecule has 0 atom stereocenters. The van der Waals surface area contributed by atoms with Crippen LogP contribution >= 0.6 is 0 Å². The van der Waals surface area contributed by atoms with E-state index in [4.69, 9.17) is 9.47 Å². The Morgan fingerprint density at radius 1 is 1.06 bits per heavy atom. The number of carbonyl (C=O) groups is 3. The van der Waals surface area contributed by atoms with E-state index in [1.54, 1.807) is 12.1 Å². The van der Waals surface area contributed by atoms with Crippen LogP contribution < -0.4 is 4.74 Å². The Morgan fingerprint density at radius 3 is 2.22 bits per heavy atom. The summed E-state index contributed by atoms with van der Waals surface area (Å²) in [4.78, 5) is 33.0. The van der Waals surface area contributed by atoms with Gasteiger partial charge in [-0.3, -0.25) is 14.4 Å². The van der Waals surface area contributed by atoms with Crippen LogP contribution in [0.1, 0.15) is 36.7 Å². The summed E-state index contributed by atoms with van der Waals surface area (Å²) in [6, 6.07) is 4.61. The van der Waals surface area contributed by atoms with E-state index >= 15 is 0 Å². The van der Waals surface area contributed by atoms with Crippen molar-refractivity contribution in [2.45, 2.75) is 27.4 Å². The summed E-state index contributed by atoms with van der Waals surface area (Å²) < 4.78 is 9.81. The summed E-state index contributed by atoms with van der Waals surface area (Å²) in [5.41, 5.74) is 0.946. The SMILES string of the molecule is CC(=O)OCc1cc(C(C)=O)ccc1OC(C)=O. The summed E-state index contributed by atoms with van der Waals surface area (Å²) >= 11 is 0. The van der Waals surface area contributed by atoms with Crippen LogP contribution in [0.25, 0.3) is 0 Å². The van der Waals surface area contributed by atoms with Gasteiger partial charge in [-0.05, 0) is 25.1 Å². The zero-order chi connectivity index (χ0) is 13.7. The zero-order valence-corrected chi connectivity index (χ0v) is 10.5. The molecule has 0 heterocycles. The van der Waals surface area contributed by atoms with Gasteiger partial charge < -0.3 is 9.47 Å². The van der Waals surface area contributed by atoms with Crippen LogP contribution in [0.15, 0.2) is 18.2 Å². The fraction of sp³-hybridized carbons (Fsp3) is 0.308. The van der Waals surface area contributed by atoms with Crippen molar-refractivity contribution >= 4 is 17.7 Å². The largest absolute Gasteiger partial charge is 0.461 e. The van der Waals surface area contributed by atoms with E-state index in [9.17, 15) is 14.4 Å². The highest BCUT2D eigenvalue weighted by atomic mass is 16.5. The van der Waals surface area contributed by atoms with Crippen molar-refractivity contribution in [3.63, 3.8) is 0 Å². The summed E-state index contributed by atoms with van der Waals surface area (Å²) in [7, 11) is 0. The molecule has 0 N–H and O–H groups in total. The van der Waals surface area contributed by atoms with Crippen molar-refractivity contribution in [1.29, 1.82) is 0 Å². The molecule has 0 aromatic heterocycles. The van der Waals surface area contributed by atoms with E-state index in [2.05, 4.69) is 0 Å². The average Bonchev–Trinajstić information content (AvgIpc) is 2.26. The van der Waals surface area contributed by atoms with Gasteiger partial charge in [0.1, 0.15) is 12.4 Å². The van der Waals surface area contributed by atoms with Gasteiger partial charge in [0.25, 0.3) is 0 Å². The molecule has 0 saturated heterocycles. The van der Waals surface area contributed by atoms with Crippen LogP contribution in [-0.2, 0) is 20.9 Å². The number of ketones is 1. The fourth-order valence-electron chi connectivity index (χ4n) is 1.35. The van der Waals surface area contributed by atoms with E-state index in [1.807, 2.05) is 0 Å². The molecular weight excluding hydrogens is 236 g/mol. The third kappa shape index (κ3) is 4.01. The molecule has 0 aliphatic heterocycles. The first-order chi connectivity index (χ1) is 8.40. The number of rotatable bonds is 4. The van der Waals surface area contributed by atoms with E-state index in [0.717, 1.165) is 0 Å². The fourth-order valence-corrected chi connectivity index (χ4v) is 1.35. The number of esters is 2. The second-order valence-electron chi connectivity index (χ2n) is 3.75. The first kappa shape index (κ1) is 13.9. The number of carbonyl (C=O) groups excluding carboxylic acids is 3. The molecule has 0 unspecified atom stereocenters. The third-order valence-electron chi connectivity index (χ3n) is 2.15. The normalized spacial score (nSPS) is 9.72. The van der Waals surface area contributed by atoms with Gasteiger partial charge in [-0.2, -0.15) is 0 Å². The van der Waals surface area contributed by atoms with Crippen molar-refractivity contribution in [3.8, 4) is 5.75 Å². The first-order valence-corrected chi connectivity index (χ1v) is 5.36. The molecule has 0 amide bonds. The molecule has 96 valence electrons. The topological polar surface area (TPSA) is 69.7 Å². The second kappa shape index (κ2) is 5.95. The molecule has 0 radical (unpaired) electrons. The quantitative estimate of drug-likeness (QED) is 0.463.